The number of rotatable bonds is 6. The molecule has 3 rings (SSSR count). The van der Waals surface area contributed by atoms with E-state index < -0.39 is 27.5 Å². The minimum Gasteiger partial charge on any atom is -0.468 e. The van der Waals surface area contributed by atoms with E-state index in [0.29, 0.717) is 11.0 Å². The normalized spacial score (nSPS) is 11.4. The standard InChI is InChI=1S/C18H18N4O7S/c1-19-15-9-8-14(10-16(15)20(2)18(19)24)30(27,28)21(11-17(23)29-3)12-4-6-13(7-5-12)22(25)26/h4-10H,11H2,1-3H3. The van der Waals surface area contributed by atoms with Gasteiger partial charge in [-0.1, -0.05) is 0 Å². The molecule has 30 heavy (non-hydrogen) atoms. The van der Waals surface area contributed by atoms with E-state index in [1.165, 1.54) is 46.5 Å². The summed E-state index contributed by atoms with van der Waals surface area (Å²) in [5.41, 5.74) is 0.436. The number of aromatic nitrogens is 2. The van der Waals surface area contributed by atoms with Crippen molar-refractivity contribution < 1.29 is 22.9 Å². The van der Waals surface area contributed by atoms with Gasteiger partial charge in [0.1, 0.15) is 6.54 Å². The smallest absolute Gasteiger partial charge is 0.328 e. The number of benzene rings is 2. The summed E-state index contributed by atoms with van der Waals surface area (Å²) in [6.07, 6.45) is 0. The number of hydrogen-bond donors (Lipinski definition) is 0. The zero-order valence-electron chi connectivity index (χ0n) is 16.3. The van der Waals surface area contributed by atoms with E-state index >= 15 is 0 Å². The van der Waals surface area contributed by atoms with Crippen LogP contribution in [0.1, 0.15) is 0 Å². The minimum absolute atomic E-state index is 0.0491. The van der Waals surface area contributed by atoms with Gasteiger partial charge >= 0.3 is 11.7 Å². The third kappa shape index (κ3) is 3.52. The molecule has 3 aromatic rings. The number of sulfonamides is 1. The molecular formula is C18H18N4O7S. The lowest BCUT2D eigenvalue weighted by molar-refractivity contribution is -0.384. The van der Waals surface area contributed by atoms with E-state index in [1.54, 1.807) is 7.05 Å². The number of carbonyl (C=O) groups excluding carboxylic acids is 1. The molecule has 158 valence electrons. The van der Waals surface area contributed by atoms with Crippen molar-refractivity contribution in [3.05, 3.63) is 63.1 Å². The first kappa shape index (κ1) is 21.0. The Hall–Kier alpha value is -3.67. The van der Waals surface area contributed by atoms with Gasteiger partial charge in [0.25, 0.3) is 15.7 Å². The van der Waals surface area contributed by atoms with E-state index in [4.69, 9.17) is 0 Å². The maximum atomic E-state index is 13.3. The summed E-state index contributed by atoms with van der Waals surface area (Å²) in [7, 11) is -0.0602. The Morgan fingerprint density at radius 2 is 1.70 bits per heavy atom. The highest BCUT2D eigenvalue weighted by Crippen LogP contribution is 2.27. The highest BCUT2D eigenvalue weighted by Gasteiger charge is 2.29. The van der Waals surface area contributed by atoms with Gasteiger partial charge in [0.2, 0.25) is 0 Å². The van der Waals surface area contributed by atoms with Crippen molar-refractivity contribution in [3.8, 4) is 0 Å². The summed E-state index contributed by atoms with van der Waals surface area (Å²) < 4.78 is 34.8. The third-order valence-corrected chi connectivity index (χ3v) is 6.45. The van der Waals surface area contributed by atoms with Crippen LogP contribution in [0.5, 0.6) is 0 Å². The lowest BCUT2D eigenvalue weighted by atomic mass is 10.3. The van der Waals surface area contributed by atoms with Crippen molar-refractivity contribution in [1.29, 1.82) is 0 Å². The van der Waals surface area contributed by atoms with E-state index in [-0.39, 0.29) is 22.0 Å². The molecular weight excluding hydrogens is 416 g/mol. The molecule has 0 spiro atoms. The molecule has 0 amide bonds. The van der Waals surface area contributed by atoms with Crippen molar-refractivity contribution in [2.75, 3.05) is 18.0 Å². The number of nitro benzene ring substituents is 1. The van der Waals surface area contributed by atoms with Gasteiger partial charge in [0.15, 0.2) is 0 Å². The summed E-state index contributed by atoms with van der Waals surface area (Å²) in [5.74, 6) is -0.815. The minimum atomic E-state index is -4.27. The first-order valence-corrected chi connectivity index (χ1v) is 10.0. The van der Waals surface area contributed by atoms with Crippen LogP contribution in [-0.4, -0.2) is 42.1 Å². The number of esters is 1. The second-order valence-electron chi connectivity index (χ2n) is 6.41. The monoisotopic (exact) mass is 434 g/mol. The third-order valence-electron chi connectivity index (χ3n) is 4.68. The first-order chi connectivity index (χ1) is 14.1. The van der Waals surface area contributed by atoms with Crippen LogP contribution < -0.4 is 9.99 Å². The van der Waals surface area contributed by atoms with E-state index in [1.807, 2.05) is 0 Å². The van der Waals surface area contributed by atoms with Crippen LogP contribution in [0.25, 0.3) is 11.0 Å². The SMILES string of the molecule is COC(=O)CN(c1ccc([N+](=O)[O-])cc1)S(=O)(=O)c1ccc2c(c1)n(C)c(=O)n2C. The molecule has 1 aromatic heterocycles. The number of fused-ring (bicyclic) bond motifs is 1. The molecule has 0 aliphatic rings. The summed E-state index contributed by atoms with van der Waals surface area (Å²) in [5, 5.41) is 10.9. The molecule has 0 radical (unpaired) electrons. The fraction of sp³-hybridized carbons (Fsp3) is 0.222. The molecule has 1 heterocycles. The van der Waals surface area contributed by atoms with Crippen LogP contribution in [0.4, 0.5) is 11.4 Å². The molecule has 0 unspecified atom stereocenters. The van der Waals surface area contributed by atoms with Crippen LogP contribution in [0.3, 0.4) is 0 Å². The summed E-state index contributed by atoms with van der Waals surface area (Å²) >= 11 is 0. The number of aryl methyl sites for hydroxylation is 2. The molecule has 0 aliphatic carbocycles. The maximum Gasteiger partial charge on any atom is 0.328 e. The number of anilines is 1. The second kappa shape index (κ2) is 7.63. The van der Waals surface area contributed by atoms with Crippen molar-refractivity contribution in [2.45, 2.75) is 4.90 Å². The Morgan fingerprint density at radius 3 is 2.27 bits per heavy atom. The number of imidazole rings is 1. The van der Waals surface area contributed by atoms with Crippen LogP contribution in [-0.2, 0) is 33.7 Å². The Bertz CT molecular complexity index is 1310. The Morgan fingerprint density at radius 1 is 1.10 bits per heavy atom. The van der Waals surface area contributed by atoms with E-state index in [2.05, 4.69) is 4.74 Å². The Balaban J connectivity index is 2.15. The summed E-state index contributed by atoms with van der Waals surface area (Å²) in [6, 6.07) is 8.90. The lowest BCUT2D eigenvalue weighted by Gasteiger charge is -2.23. The van der Waals surface area contributed by atoms with Gasteiger partial charge in [-0.3, -0.25) is 28.3 Å². The molecule has 0 saturated carbocycles. The quantitative estimate of drug-likeness (QED) is 0.323. The fourth-order valence-electron chi connectivity index (χ4n) is 3.01. The lowest BCUT2D eigenvalue weighted by Crippen LogP contribution is -2.36. The van der Waals surface area contributed by atoms with Gasteiger partial charge in [0, 0.05) is 26.2 Å². The molecule has 0 aliphatic heterocycles. The highest BCUT2D eigenvalue weighted by molar-refractivity contribution is 7.92. The topological polar surface area (TPSA) is 134 Å². The van der Waals surface area contributed by atoms with Gasteiger partial charge in [0.05, 0.1) is 33.6 Å². The molecule has 12 heteroatoms. The molecule has 0 bridgehead atoms. The largest absolute Gasteiger partial charge is 0.468 e. The average molecular weight is 434 g/mol. The van der Waals surface area contributed by atoms with Crippen molar-refractivity contribution in [1.82, 2.24) is 9.13 Å². The number of methoxy groups -OCH3 is 1. The number of nitrogens with zero attached hydrogens (tertiary/aromatic N) is 4. The van der Waals surface area contributed by atoms with Gasteiger partial charge in [-0.05, 0) is 30.3 Å². The first-order valence-electron chi connectivity index (χ1n) is 8.57. The zero-order valence-corrected chi connectivity index (χ0v) is 17.1. The van der Waals surface area contributed by atoms with Gasteiger partial charge in [-0.2, -0.15) is 0 Å². The van der Waals surface area contributed by atoms with E-state index in [0.717, 1.165) is 23.5 Å². The van der Waals surface area contributed by atoms with Crippen LogP contribution in [0.2, 0.25) is 0 Å². The van der Waals surface area contributed by atoms with Crippen molar-refractivity contribution in [2.24, 2.45) is 14.1 Å². The molecule has 0 saturated heterocycles. The summed E-state index contributed by atoms with van der Waals surface area (Å²) in [4.78, 5) is 34.1. The van der Waals surface area contributed by atoms with E-state index in [9.17, 15) is 28.1 Å². The van der Waals surface area contributed by atoms with Gasteiger partial charge in [-0.15, -0.1) is 0 Å². The maximum absolute atomic E-state index is 13.3. The van der Waals surface area contributed by atoms with Gasteiger partial charge in [-0.25, -0.2) is 13.2 Å². The number of non-ortho nitro benzene ring substituents is 1. The summed E-state index contributed by atoms with van der Waals surface area (Å²) in [6.45, 7) is -0.637. The fourth-order valence-corrected chi connectivity index (χ4v) is 4.44. The molecule has 11 nitrogen and oxygen atoms in total. The molecule has 2 aromatic carbocycles. The Labute approximate surface area is 170 Å². The molecule has 0 atom stereocenters. The van der Waals surface area contributed by atoms with Crippen molar-refractivity contribution in [3.63, 3.8) is 0 Å². The molecule has 0 N–H and O–H groups in total. The highest BCUT2D eigenvalue weighted by atomic mass is 32.2. The van der Waals surface area contributed by atoms with Crippen molar-refractivity contribution >= 4 is 38.4 Å². The number of ether oxygens (including phenoxy) is 1. The van der Waals surface area contributed by atoms with Crippen LogP contribution in [0, 0.1) is 10.1 Å². The zero-order chi connectivity index (χ0) is 22.2. The molecule has 0 fully saturated rings. The Kier molecular flexibility index (Phi) is 5.35. The number of nitro groups is 1. The predicted molar refractivity (Wildman–Crippen MR) is 108 cm³/mol. The second-order valence-corrected chi connectivity index (χ2v) is 8.27. The van der Waals surface area contributed by atoms with Gasteiger partial charge < -0.3 is 4.74 Å². The average Bonchev–Trinajstić information content (AvgIpc) is 2.95. The van der Waals surface area contributed by atoms with Crippen LogP contribution >= 0.6 is 0 Å². The number of hydrogen-bond acceptors (Lipinski definition) is 7. The van der Waals surface area contributed by atoms with Crippen LogP contribution in [0.15, 0.2) is 52.2 Å². The number of carbonyl (C=O) groups is 1. The predicted octanol–water partition coefficient (Wildman–Crippen LogP) is 1.15.